The maximum Gasteiger partial charge on any atom is 0.276 e. The Kier molecular flexibility index (Phi) is 10.2. The Balaban J connectivity index is 1.47. The van der Waals surface area contributed by atoms with E-state index in [1.807, 2.05) is 29.4 Å². The maximum absolute atomic E-state index is 14.2. The molecule has 0 aromatic carbocycles. The monoisotopic (exact) mass is 639 g/mol. The van der Waals surface area contributed by atoms with Gasteiger partial charge >= 0.3 is 0 Å². The molecule has 0 unspecified atom stereocenters. The minimum Gasteiger partial charge on any atom is -0.504 e. The largest absolute Gasteiger partial charge is 0.504 e. The van der Waals surface area contributed by atoms with Crippen LogP contribution in [0.25, 0.3) is 15.9 Å². The number of nitrogens with one attached hydrogen (secondary N) is 1. The number of amides is 2. The summed E-state index contributed by atoms with van der Waals surface area (Å²) in [6.45, 7) is 9.58. The number of rotatable bonds is 11. The third-order valence-corrected chi connectivity index (χ3v) is 9.14. The Bertz CT molecular complexity index is 1680. The average molecular weight is 640 g/mol. The summed E-state index contributed by atoms with van der Waals surface area (Å²) in [4.78, 5) is 57.2. The van der Waals surface area contributed by atoms with E-state index in [-0.39, 0.29) is 41.8 Å². The van der Waals surface area contributed by atoms with Crippen molar-refractivity contribution in [1.82, 2.24) is 29.7 Å². The van der Waals surface area contributed by atoms with Gasteiger partial charge in [-0.1, -0.05) is 36.5 Å². The molecule has 2 aliphatic rings. The van der Waals surface area contributed by atoms with Gasteiger partial charge in [-0.3, -0.25) is 18.8 Å². The fourth-order valence-corrected chi connectivity index (χ4v) is 6.96. The summed E-state index contributed by atoms with van der Waals surface area (Å²) in [5.74, 6) is -0.932. The third-order valence-electron chi connectivity index (χ3n) is 7.99. The highest BCUT2D eigenvalue weighted by Crippen LogP contribution is 2.33. The minimum atomic E-state index is -0.487. The van der Waals surface area contributed by atoms with Crippen LogP contribution < -0.4 is 15.6 Å². The number of ether oxygens (including phenoxy) is 1. The molecule has 0 radical (unpaired) electrons. The number of pyridine rings is 1. The standard InChI is InChI=1S/C31H38FN7O5S/c1-4-22-27(37-9-11-38(12-10-37)30(43)25-23(40)16-33-18-34-25)28(42)26-31(45-29(36-26)21-6-13-44-14-7-21)39(22)17-24(41)35-20(3)15-19(2)5-8-32/h6,16,18,20,40H,2,4-5,7-15,17H2,1,3H3,(H,35,41)/t20-/m0/s1. The number of alkyl halides is 1. The first-order valence-electron chi connectivity index (χ1n) is 15.1. The first kappa shape index (κ1) is 32.2. The van der Waals surface area contributed by atoms with Crippen molar-refractivity contribution in [3.63, 3.8) is 0 Å². The lowest BCUT2D eigenvalue weighted by Crippen LogP contribution is -2.50. The molecule has 5 rings (SSSR count). The first-order valence-corrected chi connectivity index (χ1v) is 15.9. The molecule has 5 heterocycles. The molecule has 12 nitrogen and oxygen atoms in total. The second kappa shape index (κ2) is 14.3. The molecule has 1 fully saturated rings. The molecule has 0 aliphatic carbocycles. The Labute approximate surface area is 264 Å². The van der Waals surface area contributed by atoms with E-state index in [0.717, 1.165) is 16.2 Å². The quantitative estimate of drug-likeness (QED) is 0.303. The van der Waals surface area contributed by atoms with Gasteiger partial charge in [-0.15, -0.1) is 0 Å². The minimum absolute atomic E-state index is 0.0257. The highest BCUT2D eigenvalue weighted by molar-refractivity contribution is 7.19. The van der Waals surface area contributed by atoms with E-state index in [0.29, 0.717) is 80.4 Å². The summed E-state index contributed by atoms with van der Waals surface area (Å²) in [5.41, 5.74) is 2.95. The fourth-order valence-electron chi connectivity index (χ4n) is 5.80. The van der Waals surface area contributed by atoms with E-state index in [1.54, 1.807) is 4.90 Å². The van der Waals surface area contributed by atoms with Gasteiger partial charge < -0.3 is 29.5 Å². The maximum atomic E-state index is 14.2. The summed E-state index contributed by atoms with van der Waals surface area (Å²) in [6, 6.07) is -0.236. The van der Waals surface area contributed by atoms with E-state index in [1.165, 1.54) is 23.9 Å². The number of carbonyl (C=O) groups is 2. The molecule has 14 heteroatoms. The van der Waals surface area contributed by atoms with Crippen molar-refractivity contribution in [3.05, 3.63) is 57.4 Å². The second-order valence-corrected chi connectivity index (χ2v) is 12.2. The zero-order valence-corrected chi connectivity index (χ0v) is 26.4. The van der Waals surface area contributed by atoms with E-state index < -0.39 is 12.6 Å². The zero-order chi connectivity index (χ0) is 32.1. The molecular weight excluding hydrogens is 601 g/mol. The van der Waals surface area contributed by atoms with Gasteiger partial charge in [0.05, 0.1) is 26.1 Å². The lowest BCUT2D eigenvalue weighted by Gasteiger charge is -2.37. The molecule has 45 heavy (non-hydrogen) atoms. The molecule has 1 atom stereocenters. The van der Waals surface area contributed by atoms with Crippen molar-refractivity contribution >= 4 is 44.8 Å². The van der Waals surface area contributed by atoms with Crippen LogP contribution in [0.2, 0.25) is 0 Å². The number of hydrogen-bond donors (Lipinski definition) is 2. The topological polar surface area (TPSA) is 143 Å². The number of nitrogens with zero attached hydrogens (tertiary/aromatic N) is 6. The number of anilines is 1. The van der Waals surface area contributed by atoms with Crippen molar-refractivity contribution in [2.24, 2.45) is 0 Å². The Hall–Kier alpha value is -4.17. The van der Waals surface area contributed by atoms with Crippen LogP contribution in [0, 0.1) is 0 Å². The first-order chi connectivity index (χ1) is 21.7. The number of thiazole rings is 1. The highest BCUT2D eigenvalue weighted by atomic mass is 32.1. The van der Waals surface area contributed by atoms with Crippen molar-refractivity contribution < 1.29 is 23.8 Å². The molecule has 0 bridgehead atoms. The van der Waals surface area contributed by atoms with E-state index >= 15 is 0 Å². The van der Waals surface area contributed by atoms with Gasteiger partial charge in [0.2, 0.25) is 11.3 Å². The van der Waals surface area contributed by atoms with Crippen LogP contribution in [-0.4, -0.2) is 93.4 Å². The van der Waals surface area contributed by atoms with Crippen molar-refractivity contribution in [1.29, 1.82) is 0 Å². The van der Waals surface area contributed by atoms with Gasteiger partial charge in [-0.2, -0.15) is 0 Å². The Morgan fingerprint density at radius 1 is 1.27 bits per heavy atom. The van der Waals surface area contributed by atoms with Gasteiger partial charge in [0.15, 0.2) is 11.4 Å². The van der Waals surface area contributed by atoms with Gasteiger partial charge in [0.1, 0.15) is 33.9 Å². The summed E-state index contributed by atoms with van der Waals surface area (Å²) < 4.78 is 20.1. The molecule has 3 aromatic rings. The number of piperazine rings is 1. The lowest BCUT2D eigenvalue weighted by atomic mass is 10.1. The molecule has 1 saturated heterocycles. The lowest BCUT2D eigenvalue weighted by molar-refractivity contribution is -0.122. The number of aromatic hydroxyl groups is 1. The second-order valence-electron chi connectivity index (χ2n) is 11.2. The zero-order valence-electron chi connectivity index (χ0n) is 25.6. The van der Waals surface area contributed by atoms with Gasteiger partial charge in [0.25, 0.3) is 5.91 Å². The van der Waals surface area contributed by atoms with Crippen molar-refractivity contribution in [2.45, 2.75) is 52.1 Å². The van der Waals surface area contributed by atoms with E-state index in [4.69, 9.17) is 9.72 Å². The summed E-state index contributed by atoms with van der Waals surface area (Å²) in [6.07, 6.45) is 6.25. The van der Waals surface area contributed by atoms with E-state index in [2.05, 4.69) is 21.9 Å². The average Bonchev–Trinajstić information content (AvgIpc) is 3.49. The van der Waals surface area contributed by atoms with Gasteiger partial charge in [0, 0.05) is 37.9 Å². The molecule has 3 aromatic heterocycles. The van der Waals surface area contributed by atoms with Crippen LogP contribution in [0.1, 0.15) is 54.3 Å². The predicted molar refractivity (Wildman–Crippen MR) is 170 cm³/mol. The van der Waals surface area contributed by atoms with Crippen LogP contribution in [0.4, 0.5) is 10.1 Å². The summed E-state index contributed by atoms with van der Waals surface area (Å²) >= 11 is 1.40. The molecule has 240 valence electrons. The normalized spacial score (nSPS) is 16.0. The van der Waals surface area contributed by atoms with Crippen LogP contribution in [0.3, 0.4) is 0 Å². The molecule has 2 N–H and O–H groups in total. The van der Waals surface area contributed by atoms with Crippen LogP contribution in [0.15, 0.2) is 35.5 Å². The number of carbonyl (C=O) groups excluding carboxylic acids is 2. The number of fused-ring (bicyclic) bond motifs is 1. The van der Waals surface area contributed by atoms with Crippen molar-refractivity contribution in [3.8, 4) is 5.75 Å². The summed E-state index contributed by atoms with van der Waals surface area (Å²) in [5, 5.41) is 13.8. The summed E-state index contributed by atoms with van der Waals surface area (Å²) in [7, 11) is 0. The molecule has 2 amide bonds. The number of hydrogen-bond acceptors (Lipinski definition) is 10. The van der Waals surface area contributed by atoms with Crippen LogP contribution >= 0.6 is 11.3 Å². The smallest absolute Gasteiger partial charge is 0.276 e. The number of aromatic nitrogens is 4. The molecule has 2 aliphatic heterocycles. The van der Waals surface area contributed by atoms with Crippen LogP contribution in [0.5, 0.6) is 5.75 Å². The SMILES string of the molecule is C=C(CCF)C[C@H](C)NC(=O)Cn1c(CC)c(N2CCN(C(=O)c3ncncc3O)CC2)c(=O)c2nc(C3=CCOCC3)sc21. The molecule has 0 saturated carbocycles. The number of halogens is 1. The fraction of sp³-hybridized carbons (Fsp3) is 0.484. The van der Waals surface area contributed by atoms with Gasteiger partial charge in [-0.05, 0) is 38.2 Å². The Morgan fingerprint density at radius 2 is 2.04 bits per heavy atom. The van der Waals surface area contributed by atoms with E-state index in [9.17, 15) is 23.9 Å². The van der Waals surface area contributed by atoms with Crippen LogP contribution in [-0.2, 0) is 22.5 Å². The predicted octanol–water partition coefficient (Wildman–Crippen LogP) is 3.09. The molecule has 0 spiro atoms. The highest BCUT2D eigenvalue weighted by Gasteiger charge is 2.30. The molecular formula is C31H38FN7O5S. The van der Waals surface area contributed by atoms with Gasteiger partial charge in [-0.25, -0.2) is 15.0 Å². The third kappa shape index (κ3) is 7.06. The Morgan fingerprint density at radius 3 is 2.71 bits per heavy atom. The van der Waals surface area contributed by atoms with Crippen molar-refractivity contribution in [2.75, 3.05) is 51.0 Å².